The summed E-state index contributed by atoms with van der Waals surface area (Å²) in [6.07, 6.45) is 89.5. The summed E-state index contributed by atoms with van der Waals surface area (Å²) in [5.74, 6) is -0.907. The smallest absolute Gasteiger partial charge is 0.306 e. The summed E-state index contributed by atoms with van der Waals surface area (Å²) in [6, 6.07) is 0. The number of hydrogen-bond donors (Lipinski definition) is 0. The molecule has 6 heteroatoms. The Hall–Kier alpha value is -3.93. The molecule has 1 unspecified atom stereocenters. The maximum Gasteiger partial charge on any atom is 0.306 e. The number of esters is 3. The molecule has 0 bridgehead atoms. The summed E-state index contributed by atoms with van der Waals surface area (Å²) in [6.45, 7) is 6.48. The van der Waals surface area contributed by atoms with Crippen molar-refractivity contribution in [3.8, 4) is 0 Å². The molecule has 1 atom stereocenters. The summed E-state index contributed by atoms with van der Waals surface area (Å²) in [4.78, 5) is 38.4. The summed E-state index contributed by atoms with van der Waals surface area (Å²) < 4.78 is 16.9. The van der Waals surface area contributed by atoms with Crippen LogP contribution in [0.2, 0.25) is 0 Å². The Kier molecular flexibility index (Phi) is 62.3. The van der Waals surface area contributed by atoms with Crippen LogP contribution < -0.4 is 0 Å². The van der Waals surface area contributed by atoms with E-state index in [1.54, 1.807) is 0 Å². The van der Waals surface area contributed by atoms with Crippen LogP contribution in [0.1, 0.15) is 310 Å². The number of unbranched alkanes of at least 4 members (excludes halogenated alkanes) is 30. The van der Waals surface area contributed by atoms with Crippen LogP contribution in [0.3, 0.4) is 0 Å². The second-order valence-corrected chi connectivity index (χ2v) is 21.6. The van der Waals surface area contributed by atoms with Crippen LogP contribution in [-0.4, -0.2) is 37.2 Å². The quantitative estimate of drug-likeness (QED) is 0.0261. The Morgan fingerprint density at radius 1 is 0.269 bits per heavy atom. The number of carbonyl (C=O) groups is 3. The van der Waals surface area contributed by atoms with Gasteiger partial charge < -0.3 is 14.2 Å². The largest absolute Gasteiger partial charge is 0.462 e. The molecule has 0 amide bonds. The highest BCUT2D eigenvalue weighted by atomic mass is 16.6. The molecular weight excluding hydrogens is 961 g/mol. The standard InChI is InChI=1S/C72H122O6/c1-4-7-10-13-16-19-22-25-28-30-32-34-36-38-40-42-44-47-50-53-56-59-62-65-71(74)77-68-69(67-76-70(73)64-61-58-55-52-49-46-27-24-21-18-15-12-9-6-3)78-72(75)66-63-60-57-54-51-48-45-43-41-39-37-35-33-31-29-26-23-20-17-14-11-8-5-2/h7,10,15-16,18-19,23-28,31-34,38,40,69H,4-6,8-9,11-14,17,20-22,29-30,35-37,39,41-68H2,1-3H3/b10-7-,18-15-,19-16-,26-23-,27-24-,28-25-,33-31-,34-32-,40-38-. The SMILES string of the molecule is CC/C=C\C/C=C\C/C=C\C/C=C\C/C=C\CCCCCCCCCC(=O)OCC(COC(=O)CCCCCCC/C=C\C/C=C\CCCC)OC(=O)CCCCCCCCCCCCC/C=C\C/C=C\CCCCCCC. The zero-order valence-corrected chi connectivity index (χ0v) is 51.2. The molecule has 0 aromatic rings. The van der Waals surface area contributed by atoms with E-state index in [4.69, 9.17) is 14.2 Å². The second kappa shape index (κ2) is 65.6. The number of carbonyl (C=O) groups excluding carboxylic acids is 3. The second-order valence-electron chi connectivity index (χ2n) is 21.6. The van der Waals surface area contributed by atoms with Crippen molar-refractivity contribution in [3.63, 3.8) is 0 Å². The monoisotopic (exact) mass is 1080 g/mol. The van der Waals surface area contributed by atoms with Crippen LogP contribution >= 0.6 is 0 Å². The number of ether oxygens (including phenoxy) is 3. The van der Waals surface area contributed by atoms with Crippen molar-refractivity contribution < 1.29 is 28.6 Å². The molecule has 446 valence electrons. The average Bonchev–Trinajstić information content (AvgIpc) is 3.44. The molecule has 0 saturated heterocycles. The molecule has 0 rings (SSSR count). The maximum absolute atomic E-state index is 12.9. The van der Waals surface area contributed by atoms with Crippen molar-refractivity contribution >= 4 is 17.9 Å². The summed E-state index contributed by atoms with van der Waals surface area (Å²) in [5, 5.41) is 0. The Bertz CT molecular complexity index is 1570. The third kappa shape index (κ3) is 62.9. The molecule has 0 fully saturated rings. The summed E-state index contributed by atoms with van der Waals surface area (Å²) >= 11 is 0. The molecule has 0 aliphatic heterocycles. The number of rotatable bonds is 59. The Balaban J connectivity index is 4.38. The van der Waals surface area contributed by atoms with Gasteiger partial charge in [-0.25, -0.2) is 0 Å². The topological polar surface area (TPSA) is 78.9 Å². The van der Waals surface area contributed by atoms with Gasteiger partial charge in [0.05, 0.1) is 0 Å². The lowest BCUT2D eigenvalue weighted by Crippen LogP contribution is -2.30. The molecule has 0 N–H and O–H groups in total. The molecule has 0 aliphatic carbocycles. The molecule has 0 aliphatic rings. The lowest BCUT2D eigenvalue weighted by Gasteiger charge is -2.18. The molecule has 78 heavy (non-hydrogen) atoms. The van der Waals surface area contributed by atoms with E-state index in [0.29, 0.717) is 19.3 Å². The van der Waals surface area contributed by atoms with Crippen molar-refractivity contribution in [1.82, 2.24) is 0 Å². The average molecular weight is 1080 g/mol. The first-order valence-corrected chi connectivity index (χ1v) is 32.9. The van der Waals surface area contributed by atoms with Crippen LogP contribution in [0.25, 0.3) is 0 Å². The first-order valence-electron chi connectivity index (χ1n) is 32.9. The first-order chi connectivity index (χ1) is 38.5. The van der Waals surface area contributed by atoms with Crippen molar-refractivity contribution in [2.45, 2.75) is 316 Å². The van der Waals surface area contributed by atoms with Gasteiger partial charge in [-0.2, -0.15) is 0 Å². The van der Waals surface area contributed by atoms with E-state index in [2.05, 4.69) is 130 Å². The van der Waals surface area contributed by atoms with Gasteiger partial charge in [-0.15, -0.1) is 0 Å². The lowest BCUT2D eigenvalue weighted by molar-refractivity contribution is -0.167. The van der Waals surface area contributed by atoms with Gasteiger partial charge in [0, 0.05) is 19.3 Å². The van der Waals surface area contributed by atoms with Crippen LogP contribution in [0.5, 0.6) is 0 Å². The molecule has 0 aromatic carbocycles. The third-order valence-electron chi connectivity index (χ3n) is 14.0. The minimum absolute atomic E-state index is 0.0897. The van der Waals surface area contributed by atoms with Crippen LogP contribution in [0.4, 0.5) is 0 Å². The van der Waals surface area contributed by atoms with E-state index >= 15 is 0 Å². The molecule has 0 spiro atoms. The zero-order chi connectivity index (χ0) is 56.4. The number of hydrogen-bond acceptors (Lipinski definition) is 6. The van der Waals surface area contributed by atoms with Gasteiger partial charge in [0.25, 0.3) is 0 Å². The van der Waals surface area contributed by atoms with E-state index in [9.17, 15) is 14.4 Å². The van der Waals surface area contributed by atoms with Crippen molar-refractivity contribution in [1.29, 1.82) is 0 Å². The van der Waals surface area contributed by atoms with E-state index in [-0.39, 0.29) is 31.1 Å². The zero-order valence-electron chi connectivity index (χ0n) is 51.2. The maximum atomic E-state index is 12.9. The minimum atomic E-state index is -0.793. The Morgan fingerprint density at radius 2 is 0.513 bits per heavy atom. The molecular formula is C72H122O6. The van der Waals surface area contributed by atoms with Gasteiger partial charge in [0.15, 0.2) is 6.10 Å². The molecule has 0 aromatic heterocycles. The Labute approximate surface area is 482 Å². The van der Waals surface area contributed by atoms with Gasteiger partial charge in [-0.1, -0.05) is 278 Å². The van der Waals surface area contributed by atoms with Crippen LogP contribution in [0.15, 0.2) is 109 Å². The lowest BCUT2D eigenvalue weighted by atomic mass is 10.0. The fourth-order valence-electron chi connectivity index (χ4n) is 9.05. The van der Waals surface area contributed by atoms with E-state index in [1.165, 1.54) is 141 Å². The van der Waals surface area contributed by atoms with Crippen LogP contribution in [0, 0.1) is 0 Å². The fourth-order valence-corrected chi connectivity index (χ4v) is 9.05. The highest BCUT2D eigenvalue weighted by Crippen LogP contribution is 2.16. The predicted octanol–water partition coefficient (Wildman–Crippen LogP) is 22.6. The molecule has 0 radical (unpaired) electrons. The van der Waals surface area contributed by atoms with E-state index in [0.717, 1.165) is 128 Å². The summed E-state index contributed by atoms with van der Waals surface area (Å²) in [5.41, 5.74) is 0. The third-order valence-corrected chi connectivity index (χ3v) is 14.0. The van der Waals surface area contributed by atoms with Crippen molar-refractivity contribution in [3.05, 3.63) is 109 Å². The Morgan fingerprint density at radius 3 is 0.821 bits per heavy atom. The highest BCUT2D eigenvalue weighted by Gasteiger charge is 2.19. The minimum Gasteiger partial charge on any atom is -0.462 e. The predicted molar refractivity (Wildman–Crippen MR) is 339 cm³/mol. The van der Waals surface area contributed by atoms with Crippen LogP contribution in [-0.2, 0) is 28.6 Å². The first kappa shape index (κ1) is 74.1. The van der Waals surface area contributed by atoms with Gasteiger partial charge in [-0.3, -0.25) is 14.4 Å². The van der Waals surface area contributed by atoms with Gasteiger partial charge in [-0.05, 0) is 122 Å². The van der Waals surface area contributed by atoms with Crippen molar-refractivity contribution in [2.24, 2.45) is 0 Å². The summed E-state index contributed by atoms with van der Waals surface area (Å²) in [7, 11) is 0. The van der Waals surface area contributed by atoms with E-state index in [1.807, 2.05) is 0 Å². The van der Waals surface area contributed by atoms with Crippen molar-refractivity contribution in [2.75, 3.05) is 13.2 Å². The van der Waals surface area contributed by atoms with E-state index < -0.39 is 6.10 Å². The van der Waals surface area contributed by atoms with Gasteiger partial charge in [0.1, 0.15) is 13.2 Å². The van der Waals surface area contributed by atoms with Gasteiger partial charge >= 0.3 is 17.9 Å². The molecule has 0 saturated carbocycles. The molecule has 0 heterocycles. The number of allylic oxidation sites excluding steroid dienone is 18. The highest BCUT2D eigenvalue weighted by molar-refractivity contribution is 5.71. The molecule has 6 nitrogen and oxygen atoms in total. The normalized spacial score (nSPS) is 12.8. The van der Waals surface area contributed by atoms with Gasteiger partial charge in [0.2, 0.25) is 0 Å². The fraction of sp³-hybridized carbons (Fsp3) is 0.708.